The predicted octanol–water partition coefficient (Wildman–Crippen LogP) is 2.33. The predicted molar refractivity (Wildman–Crippen MR) is 57.3 cm³/mol. The van der Waals surface area contributed by atoms with Gasteiger partial charge >= 0.3 is 0 Å². The van der Waals surface area contributed by atoms with Crippen molar-refractivity contribution in [2.45, 2.75) is 32.0 Å². The number of anilines is 1. The summed E-state index contributed by atoms with van der Waals surface area (Å²) in [5.41, 5.74) is 1.00. The van der Waals surface area contributed by atoms with Crippen LogP contribution in [0.5, 0.6) is 0 Å². The first-order valence-corrected chi connectivity index (χ1v) is 5.50. The maximum Gasteiger partial charge on any atom is 0.189 e. The summed E-state index contributed by atoms with van der Waals surface area (Å²) in [4.78, 5) is 8.60. The topological polar surface area (TPSA) is 37.8 Å². The molecule has 72 valence electrons. The van der Waals surface area contributed by atoms with Crippen LogP contribution in [0.25, 0.3) is 0 Å². The fourth-order valence-corrected chi connectivity index (χ4v) is 1.43. The summed E-state index contributed by atoms with van der Waals surface area (Å²) in [6.07, 6.45) is 1.98. The van der Waals surface area contributed by atoms with E-state index in [-0.39, 0.29) is 0 Å². The van der Waals surface area contributed by atoms with Crippen LogP contribution in [0.3, 0.4) is 0 Å². The second kappa shape index (κ2) is 4.46. The summed E-state index contributed by atoms with van der Waals surface area (Å²) >= 11 is 1.56. The second-order valence-electron chi connectivity index (χ2n) is 3.18. The van der Waals surface area contributed by atoms with Gasteiger partial charge in [0.2, 0.25) is 0 Å². The van der Waals surface area contributed by atoms with Crippen molar-refractivity contribution in [3.8, 4) is 0 Å². The number of nitrogens with one attached hydrogen (secondary N) is 1. The molecule has 0 aliphatic rings. The van der Waals surface area contributed by atoms with Gasteiger partial charge in [-0.05, 0) is 27.0 Å². The molecule has 0 aliphatic heterocycles. The fourth-order valence-electron chi connectivity index (χ4n) is 1.00. The summed E-state index contributed by atoms with van der Waals surface area (Å²) in [6, 6.07) is 2.36. The maximum absolute atomic E-state index is 4.33. The molecule has 1 rings (SSSR count). The van der Waals surface area contributed by atoms with Gasteiger partial charge < -0.3 is 5.32 Å². The third-order valence-electron chi connectivity index (χ3n) is 1.45. The Labute approximate surface area is 83.4 Å². The highest BCUT2D eigenvalue weighted by molar-refractivity contribution is 7.98. The Hall–Kier alpha value is -0.770. The van der Waals surface area contributed by atoms with Gasteiger partial charge in [0, 0.05) is 17.8 Å². The minimum atomic E-state index is 0.406. The second-order valence-corrected chi connectivity index (χ2v) is 3.95. The lowest BCUT2D eigenvalue weighted by Gasteiger charge is -2.09. The van der Waals surface area contributed by atoms with Gasteiger partial charge in [0.1, 0.15) is 5.82 Å². The SMILES string of the molecule is CSc1nc(C)cc(NC(C)C)n1. The van der Waals surface area contributed by atoms with Gasteiger partial charge in [-0.3, -0.25) is 0 Å². The number of hydrogen-bond donors (Lipinski definition) is 1. The van der Waals surface area contributed by atoms with Crippen LogP contribution in [0.1, 0.15) is 19.5 Å². The van der Waals surface area contributed by atoms with E-state index in [1.807, 2.05) is 19.2 Å². The molecule has 0 aromatic carbocycles. The van der Waals surface area contributed by atoms with Crippen molar-refractivity contribution in [1.29, 1.82) is 0 Å². The molecular weight excluding hydrogens is 182 g/mol. The Morgan fingerprint density at radius 2 is 2.08 bits per heavy atom. The minimum Gasteiger partial charge on any atom is -0.368 e. The molecular formula is C9H15N3S. The fraction of sp³-hybridized carbons (Fsp3) is 0.556. The molecule has 0 saturated carbocycles. The number of nitrogens with zero attached hydrogens (tertiary/aromatic N) is 2. The van der Waals surface area contributed by atoms with Crippen molar-refractivity contribution < 1.29 is 0 Å². The van der Waals surface area contributed by atoms with Crippen molar-refractivity contribution >= 4 is 17.6 Å². The highest BCUT2D eigenvalue weighted by Crippen LogP contribution is 2.13. The lowest BCUT2D eigenvalue weighted by molar-refractivity contribution is 0.860. The lowest BCUT2D eigenvalue weighted by atomic mass is 10.3. The quantitative estimate of drug-likeness (QED) is 0.596. The lowest BCUT2D eigenvalue weighted by Crippen LogP contribution is -2.11. The Morgan fingerprint density at radius 3 is 2.62 bits per heavy atom. The molecule has 1 N–H and O–H groups in total. The van der Waals surface area contributed by atoms with E-state index in [4.69, 9.17) is 0 Å². The molecule has 0 amide bonds. The van der Waals surface area contributed by atoms with Gasteiger partial charge in [-0.2, -0.15) is 0 Å². The zero-order valence-corrected chi connectivity index (χ0v) is 9.27. The van der Waals surface area contributed by atoms with E-state index >= 15 is 0 Å². The van der Waals surface area contributed by atoms with Gasteiger partial charge in [0.25, 0.3) is 0 Å². The number of aryl methyl sites for hydroxylation is 1. The number of aromatic nitrogens is 2. The van der Waals surface area contributed by atoms with Gasteiger partial charge in [0.05, 0.1) is 0 Å². The largest absolute Gasteiger partial charge is 0.368 e. The van der Waals surface area contributed by atoms with Crippen LogP contribution in [0.15, 0.2) is 11.2 Å². The van der Waals surface area contributed by atoms with E-state index in [2.05, 4.69) is 29.1 Å². The highest BCUT2D eigenvalue weighted by atomic mass is 32.2. The molecule has 0 unspecified atom stereocenters. The van der Waals surface area contributed by atoms with Crippen molar-refractivity contribution in [1.82, 2.24) is 9.97 Å². The van der Waals surface area contributed by atoms with Crippen LogP contribution >= 0.6 is 11.8 Å². The summed E-state index contributed by atoms with van der Waals surface area (Å²) in [7, 11) is 0. The third kappa shape index (κ3) is 3.22. The summed E-state index contributed by atoms with van der Waals surface area (Å²) in [5.74, 6) is 0.909. The Kier molecular flexibility index (Phi) is 3.54. The molecule has 3 nitrogen and oxygen atoms in total. The average Bonchev–Trinajstić information content (AvgIpc) is 2.01. The smallest absolute Gasteiger partial charge is 0.189 e. The summed E-state index contributed by atoms with van der Waals surface area (Å²) in [5, 5.41) is 4.08. The molecule has 13 heavy (non-hydrogen) atoms. The van der Waals surface area contributed by atoms with Crippen LogP contribution in [-0.4, -0.2) is 22.3 Å². The van der Waals surface area contributed by atoms with Crippen LogP contribution in [0, 0.1) is 6.92 Å². The number of hydrogen-bond acceptors (Lipinski definition) is 4. The van der Waals surface area contributed by atoms with Crippen LogP contribution in [0.4, 0.5) is 5.82 Å². The molecule has 0 radical (unpaired) electrons. The molecule has 0 aliphatic carbocycles. The van der Waals surface area contributed by atoms with E-state index < -0.39 is 0 Å². The zero-order chi connectivity index (χ0) is 9.84. The number of thioether (sulfide) groups is 1. The van der Waals surface area contributed by atoms with Crippen LogP contribution in [0.2, 0.25) is 0 Å². The molecule has 0 bridgehead atoms. The van der Waals surface area contributed by atoms with Crippen molar-refractivity contribution in [3.05, 3.63) is 11.8 Å². The Balaban J connectivity index is 2.88. The van der Waals surface area contributed by atoms with Crippen molar-refractivity contribution in [2.75, 3.05) is 11.6 Å². The van der Waals surface area contributed by atoms with E-state index in [9.17, 15) is 0 Å². The van der Waals surface area contributed by atoms with Gasteiger partial charge in [0.15, 0.2) is 5.16 Å². The van der Waals surface area contributed by atoms with E-state index in [1.54, 1.807) is 11.8 Å². The first-order chi connectivity index (χ1) is 6.11. The summed E-state index contributed by atoms with van der Waals surface area (Å²) in [6.45, 7) is 6.17. The molecule has 1 aromatic heterocycles. The number of rotatable bonds is 3. The molecule has 0 saturated heterocycles. The van der Waals surface area contributed by atoms with Gasteiger partial charge in [-0.15, -0.1) is 0 Å². The van der Waals surface area contributed by atoms with Crippen LogP contribution < -0.4 is 5.32 Å². The van der Waals surface area contributed by atoms with Crippen molar-refractivity contribution in [3.63, 3.8) is 0 Å². The molecule has 0 fully saturated rings. The Bertz CT molecular complexity index is 286. The zero-order valence-electron chi connectivity index (χ0n) is 8.46. The van der Waals surface area contributed by atoms with Crippen molar-refractivity contribution in [2.24, 2.45) is 0 Å². The minimum absolute atomic E-state index is 0.406. The molecule has 1 heterocycles. The maximum atomic E-state index is 4.33. The first kappa shape index (κ1) is 10.3. The van der Waals surface area contributed by atoms with E-state index in [0.717, 1.165) is 16.7 Å². The Morgan fingerprint density at radius 1 is 1.38 bits per heavy atom. The normalized spacial score (nSPS) is 10.5. The van der Waals surface area contributed by atoms with Crippen LogP contribution in [-0.2, 0) is 0 Å². The highest BCUT2D eigenvalue weighted by Gasteiger charge is 2.01. The van der Waals surface area contributed by atoms with E-state index in [0.29, 0.717) is 6.04 Å². The molecule has 1 aromatic rings. The first-order valence-electron chi connectivity index (χ1n) is 4.28. The van der Waals surface area contributed by atoms with E-state index in [1.165, 1.54) is 0 Å². The van der Waals surface area contributed by atoms with Gasteiger partial charge in [-0.1, -0.05) is 11.8 Å². The van der Waals surface area contributed by atoms with Gasteiger partial charge in [-0.25, -0.2) is 9.97 Å². The molecule has 0 spiro atoms. The standard InChI is InChI=1S/C9H15N3S/c1-6(2)10-8-5-7(3)11-9(12-8)13-4/h5-6H,1-4H3,(H,10,11,12). The monoisotopic (exact) mass is 197 g/mol. The average molecular weight is 197 g/mol. The molecule has 0 atom stereocenters. The third-order valence-corrected chi connectivity index (χ3v) is 2.00. The molecule has 4 heteroatoms. The summed E-state index contributed by atoms with van der Waals surface area (Å²) < 4.78 is 0.